The molecule has 0 saturated heterocycles. The molecule has 0 aliphatic carbocycles. The van der Waals surface area contributed by atoms with Crippen molar-refractivity contribution < 1.29 is 9.59 Å². The molecule has 0 aliphatic rings. The topological polar surface area (TPSA) is 111 Å². The Bertz CT molecular complexity index is 920. The lowest BCUT2D eigenvalue weighted by Crippen LogP contribution is -2.03. The van der Waals surface area contributed by atoms with Crippen molar-refractivity contribution in [1.29, 1.82) is 0 Å². The summed E-state index contributed by atoms with van der Waals surface area (Å²) in [5.41, 5.74) is 15.5. The lowest BCUT2D eigenvalue weighted by molar-refractivity contribution is 0.100. The highest BCUT2D eigenvalue weighted by molar-refractivity contribution is 6.33. The van der Waals surface area contributed by atoms with E-state index in [2.05, 4.69) is 10.2 Å². The molecule has 0 saturated carbocycles. The highest BCUT2D eigenvalue weighted by Gasteiger charge is 2.15. The predicted octanol–water partition coefficient (Wildman–Crippen LogP) is 4.94. The van der Waals surface area contributed by atoms with Gasteiger partial charge in [0, 0.05) is 11.1 Å². The van der Waals surface area contributed by atoms with E-state index in [0.29, 0.717) is 39.4 Å². The van der Waals surface area contributed by atoms with Gasteiger partial charge in [-0.3, -0.25) is 9.59 Å². The molecule has 0 spiro atoms. The second-order valence-electron chi connectivity index (χ2n) is 5.83. The molecule has 2 aromatic carbocycles. The van der Waals surface area contributed by atoms with E-state index in [-0.39, 0.29) is 16.6 Å². The Hall–Kier alpha value is -2.73. The first-order chi connectivity index (χ1) is 11.6. The van der Waals surface area contributed by atoms with Crippen LogP contribution in [0.5, 0.6) is 0 Å². The van der Waals surface area contributed by atoms with Crippen molar-refractivity contribution >= 4 is 45.9 Å². The SMILES string of the molecule is CC(=O)c1cc(N)c(Cl)cc1N=Nc1cc(C)c(C(C)=O)c(C)c1N. The molecule has 2 rings (SSSR count). The molecule has 0 aromatic heterocycles. The number of rotatable bonds is 4. The fourth-order valence-electron chi connectivity index (χ4n) is 2.65. The van der Waals surface area contributed by atoms with Crippen LogP contribution in [-0.4, -0.2) is 11.6 Å². The summed E-state index contributed by atoms with van der Waals surface area (Å²) in [5, 5.41) is 8.55. The number of ketones is 2. The third-order valence-corrected chi connectivity index (χ3v) is 4.24. The third kappa shape index (κ3) is 3.69. The quantitative estimate of drug-likeness (QED) is 0.457. The van der Waals surface area contributed by atoms with Gasteiger partial charge in [0.2, 0.25) is 0 Å². The summed E-state index contributed by atoms with van der Waals surface area (Å²) in [6, 6.07) is 4.64. The molecular weight excluding hydrogens is 340 g/mol. The van der Waals surface area contributed by atoms with Crippen LogP contribution in [0.15, 0.2) is 28.4 Å². The normalized spacial score (nSPS) is 11.1. The maximum atomic E-state index is 11.8. The van der Waals surface area contributed by atoms with Crippen molar-refractivity contribution in [2.24, 2.45) is 10.2 Å². The number of nitrogens with zero attached hydrogens (tertiary/aromatic N) is 2. The summed E-state index contributed by atoms with van der Waals surface area (Å²) in [4.78, 5) is 23.5. The van der Waals surface area contributed by atoms with Gasteiger partial charge in [0.15, 0.2) is 11.6 Å². The Morgan fingerprint density at radius 2 is 1.56 bits per heavy atom. The van der Waals surface area contributed by atoms with Crippen LogP contribution >= 0.6 is 11.6 Å². The molecule has 2 aromatic rings. The molecule has 0 heterocycles. The van der Waals surface area contributed by atoms with Crippen LogP contribution in [-0.2, 0) is 0 Å². The van der Waals surface area contributed by atoms with Gasteiger partial charge >= 0.3 is 0 Å². The zero-order chi connectivity index (χ0) is 18.9. The molecule has 0 unspecified atom stereocenters. The Labute approximate surface area is 150 Å². The number of halogens is 1. The zero-order valence-electron chi connectivity index (χ0n) is 14.5. The summed E-state index contributed by atoms with van der Waals surface area (Å²) < 4.78 is 0. The van der Waals surface area contributed by atoms with Crippen LogP contribution in [0.25, 0.3) is 0 Å². The monoisotopic (exact) mass is 358 g/mol. The molecule has 0 radical (unpaired) electrons. The number of anilines is 2. The average molecular weight is 359 g/mol. The van der Waals surface area contributed by atoms with Crippen molar-refractivity contribution in [2.75, 3.05) is 11.5 Å². The molecule has 7 heteroatoms. The molecule has 4 N–H and O–H groups in total. The average Bonchev–Trinajstić information content (AvgIpc) is 2.51. The minimum absolute atomic E-state index is 0.0608. The maximum Gasteiger partial charge on any atom is 0.162 e. The highest BCUT2D eigenvalue weighted by Crippen LogP contribution is 2.35. The van der Waals surface area contributed by atoms with Gasteiger partial charge in [-0.05, 0) is 57.0 Å². The van der Waals surface area contributed by atoms with Crippen molar-refractivity contribution in [3.05, 3.63) is 45.5 Å². The van der Waals surface area contributed by atoms with Crippen molar-refractivity contribution in [3.63, 3.8) is 0 Å². The van der Waals surface area contributed by atoms with E-state index >= 15 is 0 Å². The predicted molar refractivity (Wildman–Crippen MR) is 100 cm³/mol. The summed E-state index contributed by atoms with van der Waals surface area (Å²) in [6.07, 6.45) is 0. The lowest BCUT2D eigenvalue weighted by atomic mass is 9.97. The first kappa shape index (κ1) is 18.6. The van der Waals surface area contributed by atoms with E-state index in [1.807, 2.05) is 6.92 Å². The van der Waals surface area contributed by atoms with E-state index in [1.165, 1.54) is 26.0 Å². The number of aryl methyl sites for hydroxylation is 1. The Morgan fingerprint density at radius 1 is 0.960 bits per heavy atom. The number of carbonyl (C=O) groups is 2. The number of hydrogen-bond donors (Lipinski definition) is 2. The second kappa shape index (κ2) is 7.03. The van der Waals surface area contributed by atoms with Crippen LogP contribution in [0, 0.1) is 13.8 Å². The molecule has 130 valence electrons. The molecular formula is C18H19ClN4O2. The zero-order valence-corrected chi connectivity index (χ0v) is 15.2. The standard InChI is InChI=1S/C18H19ClN4O2/c1-8-5-16(18(21)9(2)17(8)11(4)25)23-22-15-7-13(19)14(20)6-12(15)10(3)24/h5-7H,20-21H2,1-4H3. The summed E-state index contributed by atoms with van der Waals surface area (Å²) in [5.74, 6) is -0.265. The number of hydrogen-bond acceptors (Lipinski definition) is 6. The van der Waals surface area contributed by atoms with Gasteiger partial charge < -0.3 is 11.5 Å². The summed E-state index contributed by atoms with van der Waals surface area (Å²) in [7, 11) is 0. The van der Waals surface area contributed by atoms with Crippen LogP contribution < -0.4 is 11.5 Å². The lowest BCUT2D eigenvalue weighted by Gasteiger charge is -2.11. The van der Waals surface area contributed by atoms with Gasteiger partial charge in [-0.1, -0.05) is 11.6 Å². The molecule has 0 aliphatic heterocycles. The summed E-state index contributed by atoms with van der Waals surface area (Å²) >= 11 is 6.01. The van der Waals surface area contributed by atoms with E-state index in [1.54, 1.807) is 13.0 Å². The highest BCUT2D eigenvalue weighted by atomic mass is 35.5. The molecule has 0 amide bonds. The van der Waals surface area contributed by atoms with Crippen LogP contribution in [0.1, 0.15) is 45.7 Å². The van der Waals surface area contributed by atoms with E-state index in [4.69, 9.17) is 23.1 Å². The maximum absolute atomic E-state index is 11.8. The van der Waals surface area contributed by atoms with Gasteiger partial charge in [-0.2, -0.15) is 0 Å². The number of benzene rings is 2. The van der Waals surface area contributed by atoms with Gasteiger partial charge in [0.25, 0.3) is 0 Å². The largest absolute Gasteiger partial charge is 0.398 e. The third-order valence-electron chi connectivity index (χ3n) is 3.91. The van der Waals surface area contributed by atoms with E-state index in [9.17, 15) is 9.59 Å². The minimum atomic E-state index is -0.204. The van der Waals surface area contributed by atoms with Crippen molar-refractivity contribution in [2.45, 2.75) is 27.7 Å². The Balaban J connectivity index is 2.56. The molecule has 0 atom stereocenters. The van der Waals surface area contributed by atoms with Crippen LogP contribution in [0.4, 0.5) is 22.7 Å². The summed E-state index contributed by atoms with van der Waals surface area (Å²) in [6.45, 7) is 6.47. The first-order valence-electron chi connectivity index (χ1n) is 7.55. The first-order valence-corrected chi connectivity index (χ1v) is 7.93. The number of Topliss-reactive ketones (excluding diaryl/α,β-unsaturated/α-hetero) is 2. The second-order valence-corrected chi connectivity index (χ2v) is 6.24. The molecule has 0 fully saturated rings. The van der Waals surface area contributed by atoms with Crippen LogP contribution in [0.3, 0.4) is 0 Å². The number of nitrogen functional groups attached to an aromatic ring is 2. The Morgan fingerprint density at radius 3 is 2.12 bits per heavy atom. The smallest absolute Gasteiger partial charge is 0.162 e. The van der Waals surface area contributed by atoms with Crippen molar-refractivity contribution in [3.8, 4) is 0 Å². The fourth-order valence-corrected chi connectivity index (χ4v) is 2.81. The molecule has 6 nitrogen and oxygen atoms in total. The molecule has 0 bridgehead atoms. The fraction of sp³-hybridized carbons (Fsp3) is 0.222. The van der Waals surface area contributed by atoms with E-state index < -0.39 is 0 Å². The Kier molecular flexibility index (Phi) is 5.23. The van der Waals surface area contributed by atoms with Gasteiger partial charge in [0.1, 0.15) is 5.69 Å². The van der Waals surface area contributed by atoms with Crippen molar-refractivity contribution in [1.82, 2.24) is 0 Å². The number of azo groups is 1. The molecule has 25 heavy (non-hydrogen) atoms. The number of carbonyl (C=O) groups excluding carboxylic acids is 2. The van der Waals surface area contributed by atoms with Gasteiger partial charge in [-0.25, -0.2) is 0 Å². The van der Waals surface area contributed by atoms with Gasteiger partial charge in [-0.15, -0.1) is 10.2 Å². The minimum Gasteiger partial charge on any atom is -0.398 e. The number of nitrogens with two attached hydrogens (primary N) is 2. The van der Waals surface area contributed by atoms with Gasteiger partial charge in [0.05, 0.1) is 22.1 Å². The van der Waals surface area contributed by atoms with E-state index in [0.717, 1.165) is 5.56 Å². The van der Waals surface area contributed by atoms with Crippen LogP contribution in [0.2, 0.25) is 5.02 Å².